The predicted molar refractivity (Wildman–Crippen MR) is 59.7 cm³/mol. The van der Waals surface area contributed by atoms with Gasteiger partial charge in [0.25, 0.3) is 0 Å². The van der Waals surface area contributed by atoms with E-state index in [0.29, 0.717) is 12.2 Å². The van der Waals surface area contributed by atoms with Crippen molar-refractivity contribution >= 4 is 5.69 Å². The quantitative estimate of drug-likeness (QED) is 0.832. The zero-order valence-electron chi connectivity index (χ0n) is 9.62. The Morgan fingerprint density at radius 3 is 2.44 bits per heavy atom. The first-order valence-corrected chi connectivity index (χ1v) is 5.09. The van der Waals surface area contributed by atoms with Gasteiger partial charge >= 0.3 is 6.18 Å². The average molecular weight is 253 g/mol. The second-order valence-corrected chi connectivity index (χ2v) is 3.67. The van der Waals surface area contributed by atoms with Crippen molar-refractivity contribution in [3.8, 4) is 12.1 Å². The van der Waals surface area contributed by atoms with Gasteiger partial charge in [-0.25, -0.2) is 0 Å². The van der Waals surface area contributed by atoms with Crippen molar-refractivity contribution in [1.29, 1.82) is 10.5 Å². The Bertz CT molecular complexity index is 509. The van der Waals surface area contributed by atoms with Crippen molar-refractivity contribution in [2.24, 2.45) is 0 Å². The third kappa shape index (κ3) is 3.14. The fourth-order valence-corrected chi connectivity index (χ4v) is 1.47. The van der Waals surface area contributed by atoms with Gasteiger partial charge < -0.3 is 4.90 Å². The van der Waals surface area contributed by atoms with Crippen LogP contribution in [0.25, 0.3) is 0 Å². The fraction of sp³-hybridized carbons (Fsp3) is 0.333. The van der Waals surface area contributed by atoms with Crippen molar-refractivity contribution < 1.29 is 13.2 Å². The summed E-state index contributed by atoms with van der Waals surface area (Å²) in [5.74, 6) is 0. The molecule has 94 valence electrons. The van der Waals surface area contributed by atoms with Crippen LogP contribution in [0.5, 0.6) is 0 Å². The summed E-state index contributed by atoms with van der Waals surface area (Å²) in [5, 5.41) is 17.3. The molecule has 0 N–H and O–H groups in total. The average Bonchev–Trinajstić information content (AvgIpc) is 2.34. The van der Waals surface area contributed by atoms with Crippen LogP contribution < -0.4 is 4.90 Å². The lowest BCUT2D eigenvalue weighted by molar-refractivity contribution is -0.137. The molecule has 0 atom stereocenters. The first kappa shape index (κ1) is 13.9. The Labute approximate surface area is 103 Å². The molecule has 0 heterocycles. The molecule has 6 heteroatoms. The number of anilines is 1. The van der Waals surface area contributed by atoms with Crippen LogP contribution in [-0.2, 0) is 6.18 Å². The summed E-state index contributed by atoms with van der Waals surface area (Å²) in [7, 11) is 1.63. The van der Waals surface area contributed by atoms with Crippen LogP contribution in [-0.4, -0.2) is 13.6 Å². The molecule has 0 radical (unpaired) electrons. The van der Waals surface area contributed by atoms with Gasteiger partial charge in [-0.2, -0.15) is 23.7 Å². The molecule has 18 heavy (non-hydrogen) atoms. The molecule has 1 aromatic carbocycles. The third-order valence-corrected chi connectivity index (χ3v) is 2.41. The number of nitrogens with zero attached hydrogens (tertiary/aromatic N) is 3. The Hall–Kier alpha value is -2.21. The zero-order valence-corrected chi connectivity index (χ0v) is 9.62. The monoisotopic (exact) mass is 253 g/mol. The molecular formula is C12H10F3N3. The number of alkyl halides is 3. The van der Waals surface area contributed by atoms with Crippen LogP contribution in [0, 0.1) is 22.7 Å². The summed E-state index contributed by atoms with van der Waals surface area (Å²) in [5.41, 5.74) is -0.512. The van der Waals surface area contributed by atoms with E-state index >= 15 is 0 Å². The van der Waals surface area contributed by atoms with E-state index in [0.717, 1.165) is 12.1 Å². The molecule has 0 aromatic heterocycles. The maximum absolute atomic E-state index is 12.5. The lowest BCUT2D eigenvalue weighted by Gasteiger charge is -2.20. The Morgan fingerprint density at radius 1 is 1.28 bits per heavy atom. The SMILES string of the molecule is CN(CCC#N)c1ccc(C(F)(F)F)cc1C#N. The second-order valence-electron chi connectivity index (χ2n) is 3.67. The highest BCUT2D eigenvalue weighted by molar-refractivity contribution is 5.60. The van der Waals surface area contributed by atoms with Gasteiger partial charge in [0.2, 0.25) is 0 Å². The summed E-state index contributed by atoms with van der Waals surface area (Å²) in [6, 6.07) is 6.67. The number of hydrogen-bond acceptors (Lipinski definition) is 3. The lowest BCUT2D eigenvalue weighted by Crippen LogP contribution is -2.19. The smallest absolute Gasteiger partial charge is 0.372 e. The maximum Gasteiger partial charge on any atom is 0.416 e. The predicted octanol–water partition coefficient (Wildman–Crippen LogP) is 2.93. The fourth-order valence-electron chi connectivity index (χ4n) is 1.47. The van der Waals surface area contributed by atoms with Crippen molar-refractivity contribution in [3.05, 3.63) is 29.3 Å². The van der Waals surface area contributed by atoms with Crippen molar-refractivity contribution in [1.82, 2.24) is 0 Å². The Balaban J connectivity index is 3.10. The molecule has 0 bridgehead atoms. The second kappa shape index (κ2) is 5.42. The van der Waals surface area contributed by atoms with Crippen LogP contribution in [0.1, 0.15) is 17.5 Å². The standard InChI is InChI=1S/C12H10F3N3/c1-18(6-2-5-16)11-4-3-10(12(13,14)15)7-9(11)8-17/h3-4,7H,2,6H2,1H3. The van der Waals surface area contributed by atoms with Gasteiger partial charge in [0.05, 0.1) is 29.3 Å². The van der Waals surface area contributed by atoms with E-state index in [2.05, 4.69) is 0 Å². The molecule has 0 spiro atoms. The van der Waals surface area contributed by atoms with Crippen molar-refractivity contribution in [2.45, 2.75) is 12.6 Å². The van der Waals surface area contributed by atoms with E-state index in [1.165, 1.54) is 6.07 Å². The maximum atomic E-state index is 12.5. The minimum Gasteiger partial charge on any atom is -0.372 e. The van der Waals surface area contributed by atoms with E-state index in [1.54, 1.807) is 18.0 Å². The van der Waals surface area contributed by atoms with Crippen LogP contribution >= 0.6 is 0 Å². The van der Waals surface area contributed by atoms with E-state index in [1.807, 2.05) is 6.07 Å². The van der Waals surface area contributed by atoms with Gasteiger partial charge in [0, 0.05) is 13.6 Å². The van der Waals surface area contributed by atoms with Gasteiger partial charge in [-0.15, -0.1) is 0 Å². The van der Waals surface area contributed by atoms with Crippen molar-refractivity contribution in [2.75, 3.05) is 18.5 Å². The summed E-state index contributed by atoms with van der Waals surface area (Å²) >= 11 is 0. The molecule has 0 aliphatic heterocycles. The Kier molecular flexibility index (Phi) is 4.17. The van der Waals surface area contributed by atoms with Crippen LogP contribution in [0.15, 0.2) is 18.2 Å². The van der Waals surface area contributed by atoms with Crippen LogP contribution in [0.4, 0.5) is 18.9 Å². The van der Waals surface area contributed by atoms with E-state index in [4.69, 9.17) is 10.5 Å². The molecule has 0 saturated carbocycles. The van der Waals surface area contributed by atoms with E-state index < -0.39 is 11.7 Å². The molecule has 1 rings (SSSR count). The molecular weight excluding hydrogens is 243 g/mol. The first-order chi connectivity index (χ1) is 8.40. The molecule has 0 aliphatic carbocycles. The van der Waals surface area contributed by atoms with Gasteiger partial charge in [0.15, 0.2) is 0 Å². The normalized spacial score (nSPS) is 10.6. The lowest BCUT2D eigenvalue weighted by atomic mass is 10.1. The largest absolute Gasteiger partial charge is 0.416 e. The van der Waals surface area contributed by atoms with Gasteiger partial charge in [-0.3, -0.25) is 0 Å². The minimum absolute atomic E-state index is 0.0507. The van der Waals surface area contributed by atoms with Crippen molar-refractivity contribution in [3.63, 3.8) is 0 Å². The van der Waals surface area contributed by atoms with Gasteiger partial charge in [-0.05, 0) is 18.2 Å². The highest BCUT2D eigenvalue weighted by Crippen LogP contribution is 2.32. The van der Waals surface area contributed by atoms with Gasteiger partial charge in [-0.1, -0.05) is 0 Å². The number of halogens is 3. The molecule has 0 fully saturated rings. The molecule has 0 amide bonds. The number of nitriles is 2. The minimum atomic E-state index is -4.46. The number of rotatable bonds is 3. The van der Waals surface area contributed by atoms with Crippen LogP contribution in [0.2, 0.25) is 0 Å². The number of hydrogen-bond donors (Lipinski definition) is 0. The van der Waals surface area contributed by atoms with E-state index in [9.17, 15) is 13.2 Å². The molecule has 1 aromatic rings. The summed E-state index contributed by atoms with van der Waals surface area (Å²) in [4.78, 5) is 1.59. The van der Waals surface area contributed by atoms with Gasteiger partial charge in [0.1, 0.15) is 6.07 Å². The van der Waals surface area contributed by atoms with Crippen LogP contribution in [0.3, 0.4) is 0 Å². The third-order valence-electron chi connectivity index (χ3n) is 2.41. The van der Waals surface area contributed by atoms with E-state index in [-0.39, 0.29) is 12.0 Å². The first-order valence-electron chi connectivity index (χ1n) is 5.09. The molecule has 0 saturated heterocycles. The summed E-state index contributed by atoms with van der Waals surface area (Å²) < 4.78 is 37.4. The molecule has 3 nitrogen and oxygen atoms in total. The number of benzene rings is 1. The highest BCUT2D eigenvalue weighted by Gasteiger charge is 2.31. The molecule has 0 aliphatic rings. The highest BCUT2D eigenvalue weighted by atomic mass is 19.4. The Morgan fingerprint density at radius 2 is 1.94 bits per heavy atom. The summed E-state index contributed by atoms with van der Waals surface area (Å²) in [6.45, 7) is 0.358. The topological polar surface area (TPSA) is 50.8 Å². The summed E-state index contributed by atoms with van der Waals surface area (Å²) in [6.07, 6.45) is -4.22. The zero-order chi connectivity index (χ0) is 13.8. The molecule has 0 unspecified atom stereocenters.